The van der Waals surface area contributed by atoms with E-state index >= 15 is 0 Å². The maximum atomic E-state index is 12.1. The zero-order valence-corrected chi connectivity index (χ0v) is 11.8. The molecule has 0 spiro atoms. The molecule has 19 heavy (non-hydrogen) atoms. The zero-order chi connectivity index (χ0) is 14.6. The van der Waals surface area contributed by atoms with E-state index in [4.69, 9.17) is 5.11 Å². The van der Waals surface area contributed by atoms with Gasteiger partial charge in [-0.3, -0.25) is 0 Å². The third-order valence-electron chi connectivity index (χ3n) is 2.53. The lowest BCUT2D eigenvalue weighted by Gasteiger charge is -2.14. The minimum atomic E-state index is -3.78. The monoisotopic (exact) mass is 287 g/mol. The molecule has 0 aliphatic rings. The molecule has 0 aliphatic heterocycles. The van der Waals surface area contributed by atoms with E-state index in [0.29, 0.717) is 5.56 Å². The first-order valence-corrected chi connectivity index (χ1v) is 7.12. The van der Waals surface area contributed by atoms with E-state index in [9.17, 15) is 13.2 Å². The average molecular weight is 287 g/mol. The molecule has 7 heteroatoms. The summed E-state index contributed by atoms with van der Waals surface area (Å²) < 4.78 is 31.1. The van der Waals surface area contributed by atoms with Crippen LogP contribution in [-0.2, 0) is 14.8 Å². The van der Waals surface area contributed by atoms with E-state index in [0.717, 1.165) is 0 Å². The first kappa shape index (κ1) is 15.6. The molecule has 1 aromatic carbocycles. The second-order valence-electron chi connectivity index (χ2n) is 4.18. The Morgan fingerprint density at radius 3 is 2.63 bits per heavy atom. The van der Waals surface area contributed by atoms with E-state index < -0.39 is 22.0 Å². The second kappa shape index (κ2) is 6.14. The Balaban J connectivity index is 3.22. The Bertz CT molecular complexity index is 567. The molecule has 0 fully saturated rings. The Morgan fingerprint density at radius 1 is 1.47 bits per heavy atom. The third kappa shape index (κ3) is 3.76. The van der Waals surface area contributed by atoms with Crippen molar-refractivity contribution in [2.24, 2.45) is 0 Å². The van der Waals surface area contributed by atoms with Crippen LogP contribution in [-0.4, -0.2) is 39.3 Å². The molecular weight excluding hydrogens is 270 g/mol. The number of aliphatic hydroxyl groups excluding tert-OH is 1. The molecular formula is C12H17NO5S. The summed E-state index contributed by atoms with van der Waals surface area (Å²) in [6.45, 7) is 2.85. The molecule has 0 aromatic heterocycles. The first-order chi connectivity index (χ1) is 8.81. The molecule has 1 rings (SSSR count). The number of nitrogens with one attached hydrogen (secondary N) is 1. The van der Waals surface area contributed by atoms with Crippen LogP contribution < -0.4 is 4.72 Å². The number of aryl methyl sites for hydroxylation is 1. The number of benzene rings is 1. The Kier molecular flexibility index (Phi) is 5.04. The fourth-order valence-corrected chi connectivity index (χ4v) is 3.01. The van der Waals surface area contributed by atoms with Crippen LogP contribution in [0, 0.1) is 6.92 Å². The highest BCUT2D eigenvalue weighted by molar-refractivity contribution is 7.89. The molecule has 0 unspecified atom stereocenters. The number of carbonyl (C=O) groups is 1. The van der Waals surface area contributed by atoms with Crippen molar-refractivity contribution in [3.8, 4) is 0 Å². The molecule has 0 aliphatic carbocycles. The average Bonchev–Trinajstić information content (AvgIpc) is 2.37. The van der Waals surface area contributed by atoms with Gasteiger partial charge < -0.3 is 9.84 Å². The molecule has 2 N–H and O–H groups in total. The Morgan fingerprint density at radius 2 is 2.11 bits per heavy atom. The van der Waals surface area contributed by atoms with Crippen LogP contribution in [0.4, 0.5) is 0 Å². The topological polar surface area (TPSA) is 92.7 Å². The molecule has 0 amide bonds. The van der Waals surface area contributed by atoms with Crippen molar-refractivity contribution in [3.63, 3.8) is 0 Å². The second-order valence-corrected chi connectivity index (χ2v) is 5.86. The van der Waals surface area contributed by atoms with Crippen LogP contribution in [0.1, 0.15) is 22.8 Å². The fourth-order valence-electron chi connectivity index (χ4n) is 1.50. The van der Waals surface area contributed by atoms with Crippen molar-refractivity contribution in [1.29, 1.82) is 0 Å². The van der Waals surface area contributed by atoms with Crippen molar-refractivity contribution in [2.45, 2.75) is 24.8 Å². The predicted octanol–water partition coefficient (Wildman–Crippen LogP) is 0.441. The molecule has 0 saturated carbocycles. The van der Waals surface area contributed by atoms with Gasteiger partial charge in [0.2, 0.25) is 10.0 Å². The number of sulfonamides is 1. The predicted molar refractivity (Wildman–Crippen MR) is 69.4 cm³/mol. The maximum Gasteiger partial charge on any atom is 0.337 e. The largest absolute Gasteiger partial charge is 0.465 e. The SMILES string of the molecule is COC(=O)c1ccc(C)c(S(=O)(=O)N[C@@H](C)CO)c1. The van der Waals surface area contributed by atoms with E-state index in [1.54, 1.807) is 6.92 Å². The molecule has 106 valence electrons. The number of esters is 1. The van der Waals surface area contributed by atoms with Crippen molar-refractivity contribution < 1.29 is 23.1 Å². The van der Waals surface area contributed by atoms with Crippen LogP contribution in [0.3, 0.4) is 0 Å². The summed E-state index contributed by atoms with van der Waals surface area (Å²) in [7, 11) is -2.56. The van der Waals surface area contributed by atoms with Gasteiger partial charge in [0.05, 0.1) is 24.2 Å². The summed E-state index contributed by atoms with van der Waals surface area (Å²) in [5.74, 6) is -0.605. The van der Waals surface area contributed by atoms with Crippen molar-refractivity contribution in [2.75, 3.05) is 13.7 Å². The smallest absolute Gasteiger partial charge is 0.337 e. The zero-order valence-electron chi connectivity index (χ0n) is 11.0. The minimum Gasteiger partial charge on any atom is -0.465 e. The number of carbonyl (C=O) groups excluding carboxylic acids is 1. The number of rotatable bonds is 5. The summed E-state index contributed by atoms with van der Waals surface area (Å²) in [4.78, 5) is 11.4. The molecule has 1 atom stereocenters. The molecule has 0 radical (unpaired) electrons. The lowest BCUT2D eigenvalue weighted by molar-refractivity contribution is 0.0600. The standard InChI is InChI=1S/C12H17NO5S/c1-8-4-5-10(12(15)18-3)6-11(8)19(16,17)13-9(2)7-14/h4-6,9,13-14H,7H2,1-3H3/t9-/m0/s1. The first-order valence-electron chi connectivity index (χ1n) is 5.64. The lowest BCUT2D eigenvalue weighted by atomic mass is 10.1. The van der Waals surface area contributed by atoms with Gasteiger partial charge in [-0.1, -0.05) is 6.07 Å². The highest BCUT2D eigenvalue weighted by Gasteiger charge is 2.21. The minimum absolute atomic E-state index is 0.00398. The third-order valence-corrected chi connectivity index (χ3v) is 4.26. The quantitative estimate of drug-likeness (QED) is 0.767. The normalized spacial score (nSPS) is 13.1. The fraction of sp³-hybridized carbons (Fsp3) is 0.417. The van der Waals surface area contributed by atoms with Crippen LogP contribution in [0.2, 0.25) is 0 Å². The van der Waals surface area contributed by atoms with Gasteiger partial charge in [0.1, 0.15) is 0 Å². The number of hydrogen-bond acceptors (Lipinski definition) is 5. The molecule has 0 bridgehead atoms. The van der Waals surface area contributed by atoms with Gasteiger partial charge in [0.15, 0.2) is 0 Å². The number of aliphatic hydroxyl groups is 1. The molecule has 0 saturated heterocycles. The van der Waals surface area contributed by atoms with Gasteiger partial charge in [0.25, 0.3) is 0 Å². The molecule has 1 aromatic rings. The van der Waals surface area contributed by atoms with Crippen molar-refractivity contribution >= 4 is 16.0 Å². The maximum absolute atomic E-state index is 12.1. The van der Waals surface area contributed by atoms with Crippen molar-refractivity contribution in [1.82, 2.24) is 4.72 Å². The van der Waals surface area contributed by atoms with E-state index in [2.05, 4.69) is 9.46 Å². The number of hydrogen-bond donors (Lipinski definition) is 2. The van der Waals surface area contributed by atoms with Gasteiger partial charge in [-0.25, -0.2) is 17.9 Å². The van der Waals surface area contributed by atoms with Gasteiger partial charge >= 0.3 is 5.97 Å². The summed E-state index contributed by atoms with van der Waals surface area (Å²) in [5, 5.41) is 8.89. The van der Waals surface area contributed by atoms with E-state index in [-0.39, 0.29) is 17.1 Å². The van der Waals surface area contributed by atoms with Gasteiger partial charge in [-0.2, -0.15) is 0 Å². The van der Waals surface area contributed by atoms with Gasteiger partial charge in [0, 0.05) is 6.04 Å². The highest BCUT2D eigenvalue weighted by atomic mass is 32.2. The van der Waals surface area contributed by atoms with Gasteiger partial charge in [-0.15, -0.1) is 0 Å². The van der Waals surface area contributed by atoms with Gasteiger partial charge in [-0.05, 0) is 31.5 Å². The summed E-state index contributed by atoms with van der Waals surface area (Å²) in [6.07, 6.45) is 0. The van der Waals surface area contributed by atoms with Crippen LogP contribution >= 0.6 is 0 Å². The van der Waals surface area contributed by atoms with Crippen molar-refractivity contribution in [3.05, 3.63) is 29.3 Å². The summed E-state index contributed by atoms with van der Waals surface area (Å²) in [6, 6.07) is 3.68. The number of methoxy groups -OCH3 is 1. The van der Waals surface area contributed by atoms with Crippen LogP contribution in [0.25, 0.3) is 0 Å². The highest BCUT2D eigenvalue weighted by Crippen LogP contribution is 2.18. The van der Waals surface area contributed by atoms with Crippen LogP contribution in [0.5, 0.6) is 0 Å². The summed E-state index contributed by atoms with van der Waals surface area (Å²) >= 11 is 0. The molecule has 6 nitrogen and oxygen atoms in total. The number of ether oxygens (including phenoxy) is 1. The Labute approximate surface area is 112 Å². The lowest BCUT2D eigenvalue weighted by Crippen LogP contribution is -2.35. The summed E-state index contributed by atoms with van der Waals surface area (Å²) in [5.41, 5.74) is 0.662. The van der Waals surface area contributed by atoms with E-state index in [1.165, 1.54) is 32.2 Å². The van der Waals surface area contributed by atoms with Crippen LogP contribution in [0.15, 0.2) is 23.1 Å². The Hall–Kier alpha value is -1.44. The van der Waals surface area contributed by atoms with E-state index in [1.807, 2.05) is 0 Å². The molecule has 0 heterocycles.